The van der Waals surface area contributed by atoms with Crippen molar-refractivity contribution in [2.45, 2.75) is 33.1 Å². The molecule has 0 saturated heterocycles. The number of carbonyl (C=O) groups excluding carboxylic acids is 1. The highest BCUT2D eigenvalue weighted by atomic mass is 35.5. The molecule has 0 heterocycles. The first-order valence-electron chi connectivity index (χ1n) is 9.11. The normalized spacial score (nSPS) is 11.0. The molecule has 28 heavy (non-hydrogen) atoms. The molecule has 3 N–H and O–H groups in total. The number of nitrogens with zero attached hydrogens (tertiary/aromatic N) is 1. The minimum atomic E-state index is -0.741. The van der Waals surface area contributed by atoms with Crippen molar-refractivity contribution < 1.29 is 14.3 Å². The number of benzene rings is 2. The third kappa shape index (κ3) is 6.78. The number of nitrogens with two attached hydrogens (primary N) is 1. The first-order valence-corrected chi connectivity index (χ1v) is 9.49. The summed E-state index contributed by atoms with van der Waals surface area (Å²) in [5.74, 6) is 1.93. The van der Waals surface area contributed by atoms with Gasteiger partial charge in [0.05, 0.1) is 19.4 Å². The van der Waals surface area contributed by atoms with Gasteiger partial charge in [0.1, 0.15) is 11.5 Å². The Morgan fingerprint density at radius 2 is 1.89 bits per heavy atom. The van der Waals surface area contributed by atoms with Crippen LogP contribution in [0.15, 0.2) is 41.5 Å². The van der Waals surface area contributed by atoms with Crippen LogP contribution in [-0.4, -0.2) is 25.5 Å². The zero-order valence-corrected chi connectivity index (χ0v) is 17.1. The molecule has 0 atom stereocenters. The van der Waals surface area contributed by atoms with Crippen LogP contribution in [0.25, 0.3) is 0 Å². The Morgan fingerprint density at radius 1 is 1.18 bits per heavy atom. The predicted molar refractivity (Wildman–Crippen MR) is 113 cm³/mol. The maximum absolute atomic E-state index is 10.7. The van der Waals surface area contributed by atoms with Gasteiger partial charge in [-0.25, -0.2) is 10.2 Å². The van der Waals surface area contributed by atoms with Gasteiger partial charge in [0.25, 0.3) is 0 Å². The van der Waals surface area contributed by atoms with Crippen LogP contribution in [0.3, 0.4) is 0 Å². The van der Waals surface area contributed by atoms with E-state index in [4.69, 9.17) is 26.8 Å². The van der Waals surface area contributed by atoms with Gasteiger partial charge in [0.15, 0.2) is 0 Å². The Kier molecular flexibility index (Phi) is 8.14. The van der Waals surface area contributed by atoms with Crippen LogP contribution < -0.4 is 20.6 Å². The standard InChI is InChI=1S/C21H26ClN3O3/c1-14(2)18-7-5-15(3)11-20(18)28-10-4-9-27-19-8-6-17(22)12-16(19)13-24-25-21(23)26/h5-8,11-14H,4,9-10H2,1-3H3,(H3,23,25,26). The van der Waals surface area contributed by atoms with Gasteiger partial charge in [0.2, 0.25) is 0 Å². The summed E-state index contributed by atoms with van der Waals surface area (Å²) in [6.07, 6.45) is 2.15. The zero-order chi connectivity index (χ0) is 20.5. The molecule has 0 aliphatic rings. The molecule has 0 fully saturated rings. The number of ether oxygens (including phenoxy) is 2. The van der Waals surface area contributed by atoms with Crippen molar-refractivity contribution in [1.82, 2.24) is 5.43 Å². The van der Waals surface area contributed by atoms with E-state index in [1.54, 1.807) is 18.2 Å². The summed E-state index contributed by atoms with van der Waals surface area (Å²) in [6.45, 7) is 7.36. The smallest absolute Gasteiger partial charge is 0.332 e. The second-order valence-electron chi connectivity index (χ2n) is 6.66. The van der Waals surface area contributed by atoms with Gasteiger partial charge in [-0.2, -0.15) is 5.10 Å². The van der Waals surface area contributed by atoms with Gasteiger partial charge in [-0.05, 0) is 48.2 Å². The molecule has 0 saturated carbocycles. The van der Waals surface area contributed by atoms with E-state index in [0.717, 1.165) is 5.75 Å². The van der Waals surface area contributed by atoms with Crippen LogP contribution in [0.1, 0.15) is 42.9 Å². The number of nitrogens with one attached hydrogen (secondary N) is 1. The number of primary amides is 1. The number of urea groups is 1. The largest absolute Gasteiger partial charge is 0.493 e. The van der Waals surface area contributed by atoms with Crippen molar-refractivity contribution in [3.8, 4) is 11.5 Å². The van der Waals surface area contributed by atoms with Crippen molar-refractivity contribution in [2.75, 3.05) is 13.2 Å². The lowest BCUT2D eigenvalue weighted by atomic mass is 10.0. The molecule has 6 nitrogen and oxygen atoms in total. The average Bonchev–Trinajstić information content (AvgIpc) is 2.62. The predicted octanol–water partition coefficient (Wildman–Crippen LogP) is 4.62. The van der Waals surface area contributed by atoms with Crippen molar-refractivity contribution in [2.24, 2.45) is 10.8 Å². The topological polar surface area (TPSA) is 85.9 Å². The molecule has 0 aromatic heterocycles. The van der Waals surface area contributed by atoms with Gasteiger partial charge in [-0.15, -0.1) is 0 Å². The molecule has 0 aliphatic carbocycles. The van der Waals surface area contributed by atoms with E-state index < -0.39 is 6.03 Å². The summed E-state index contributed by atoms with van der Waals surface area (Å²) in [5.41, 5.74) is 10.1. The van der Waals surface area contributed by atoms with E-state index in [0.29, 0.717) is 41.9 Å². The van der Waals surface area contributed by atoms with E-state index >= 15 is 0 Å². The van der Waals surface area contributed by atoms with Crippen molar-refractivity contribution >= 4 is 23.8 Å². The van der Waals surface area contributed by atoms with Crippen LogP contribution in [0.4, 0.5) is 4.79 Å². The maximum atomic E-state index is 10.7. The minimum Gasteiger partial charge on any atom is -0.493 e. The van der Waals surface area contributed by atoms with E-state index in [1.807, 2.05) is 0 Å². The zero-order valence-electron chi connectivity index (χ0n) is 16.4. The third-order valence-electron chi connectivity index (χ3n) is 3.95. The average molecular weight is 404 g/mol. The Morgan fingerprint density at radius 3 is 2.57 bits per heavy atom. The molecule has 150 valence electrons. The first-order chi connectivity index (χ1) is 13.4. The Balaban J connectivity index is 1.90. The fourth-order valence-electron chi connectivity index (χ4n) is 2.58. The number of hydrogen-bond donors (Lipinski definition) is 2. The molecule has 0 bridgehead atoms. The second-order valence-corrected chi connectivity index (χ2v) is 7.10. The lowest BCUT2D eigenvalue weighted by molar-refractivity contribution is 0.245. The van der Waals surface area contributed by atoms with E-state index in [1.165, 1.54) is 17.3 Å². The summed E-state index contributed by atoms with van der Waals surface area (Å²) in [4.78, 5) is 10.7. The molecule has 0 aliphatic heterocycles. The molecule has 0 radical (unpaired) electrons. The highest BCUT2D eigenvalue weighted by Crippen LogP contribution is 2.27. The highest BCUT2D eigenvalue weighted by Gasteiger charge is 2.08. The molecule has 2 aromatic rings. The fraction of sp³-hybridized carbons (Fsp3) is 0.333. The second kappa shape index (κ2) is 10.6. The molecule has 7 heteroatoms. The van der Waals surface area contributed by atoms with Gasteiger partial charge >= 0.3 is 6.03 Å². The van der Waals surface area contributed by atoms with Crippen LogP contribution in [-0.2, 0) is 0 Å². The lowest BCUT2D eigenvalue weighted by Gasteiger charge is -2.15. The van der Waals surface area contributed by atoms with Crippen molar-refractivity contribution in [1.29, 1.82) is 0 Å². The number of carbonyl (C=O) groups is 1. The Hall–Kier alpha value is -2.73. The molecule has 2 amide bonds. The summed E-state index contributed by atoms with van der Waals surface area (Å²) in [5, 5.41) is 4.29. The number of rotatable bonds is 9. The quantitative estimate of drug-likeness (QED) is 0.364. The highest BCUT2D eigenvalue weighted by molar-refractivity contribution is 6.30. The summed E-state index contributed by atoms with van der Waals surface area (Å²) >= 11 is 6.01. The van der Waals surface area contributed by atoms with E-state index in [2.05, 4.69) is 49.5 Å². The summed E-state index contributed by atoms with van der Waals surface area (Å²) in [6, 6.07) is 10.7. The lowest BCUT2D eigenvalue weighted by Crippen LogP contribution is -2.24. The Labute approximate surface area is 170 Å². The molecule has 0 unspecified atom stereocenters. The Bertz CT molecular complexity index is 838. The van der Waals surface area contributed by atoms with Crippen LogP contribution in [0, 0.1) is 6.92 Å². The number of aryl methyl sites for hydroxylation is 1. The molecular weight excluding hydrogens is 378 g/mol. The minimum absolute atomic E-state index is 0.400. The van der Waals surface area contributed by atoms with Gasteiger partial charge in [-0.1, -0.05) is 37.6 Å². The third-order valence-corrected chi connectivity index (χ3v) is 4.18. The monoisotopic (exact) mass is 403 g/mol. The summed E-state index contributed by atoms with van der Waals surface area (Å²) in [7, 11) is 0. The van der Waals surface area contributed by atoms with Crippen LogP contribution >= 0.6 is 11.6 Å². The van der Waals surface area contributed by atoms with E-state index in [9.17, 15) is 4.79 Å². The molecule has 2 aromatic carbocycles. The molecular formula is C21H26ClN3O3. The van der Waals surface area contributed by atoms with Crippen molar-refractivity contribution in [3.05, 3.63) is 58.1 Å². The molecule has 2 rings (SSSR count). The fourth-order valence-corrected chi connectivity index (χ4v) is 2.76. The summed E-state index contributed by atoms with van der Waals surface area (Å²) < 4.78 is 11.8. The maximum Gasteiger partial charge on any atom is 0.332 e. The number of hydrazone groups is 1. The molecule has 0 spiro atoms. The SMILES string of the molecule is Cc1ccc(C(C)C)c(OCCCOc2ccc(Cl)cc2C=NNC(N)=O)c1. The van der Waals surface area contributed by atoms with Gasteiger partial charge < -0.3 is 15.2 Å². The first kappa shape index (κ1) is 21.6. The number of amides is 2. The number of hydrogen-bond acceptors (Lipinski definition) is 4. The van der Waals surface area contributed by atoms with Crippen LogP contribution in [0.2, 0.25) is 5.02 Å². The number of halogens is 1. The van der Waals surface area contributed by atoms with Crippen LogP contribution in [0.5, 0.6) is 11.5 Å². The van der Waals surface area contributed by atoms with Gasteiger partial charge in [-0.3, -0.25) is 0 Å². The van der Waals surface area contributed by atoms with E-state index in [-0.39, 0.29) is 0 Å². The van der Waals surface area contributed by atoms with Gasteiger partial charge in [0, 0.05) is 17.0 Å². The van der Waals surface area contributed by atoms with Crippen molar-refractivity contribution in [3.63, 3.8) is 0 Å².